The predicted molar refractivity (Wildman–Crippen MR) is 81.0 cm³/mol. The van der Waals surface area contributed by atoms with Crippen LogP contribution in [0.15, 0.2) is 21.5 Å². The van der Waals surface area contributed by atoms with Crippen LogP contribution in [0.25, 0.3) is 0 Å². The molecule has 1 unspecified atom stereocenters. The Balaban J connectivity index is 2.21. The number of hydrogen-bond donors (Lipinski definition) is 0. The maximum atomic E-state index is 11.6. The van der Waals surface area contributed by atoms with E-state index in [4.69, 9.17) is 20.2 Å². The monoisotopic (exact) mass is 382 g/mol. The molecule has 20 heavy (non-hydrogen) atoms. The molecule has 4 nitrogen and oxygen atoms in total. The largest absolute Gasteiger partial charge is 0.489 e. The molecule has 1 fully saturated rings. The van der Waals surface area contributed by atoms with Gasteiger partial charge in [0.2, 0.25) is 0 Å². The van der Waals surface area contributed by atoms with Crippen LogP contribution >= 0.6 is 26.6 Å². The summed E-state index contributed by atoms with van der Waals surface area (Å²) in [7, 11) is 1.61. The molecule has 0 N–H and O–H groups in total. The van der Waals surface area contributed by atoms with E-state index in [-0.39, 0.29) is 11.0 Å². The number of aryl methyl sites for hydroxylation is 1. The van der Waals surface area contributed by atoms with Crippen molar-refractivity contribution in [3.8, 4) is 5.75 Å². The van der Waals surface area contributed by atoms with Crippen molar-refractivity contribution in [3.63, 3.8) is 0 Å². The number of benzene rings is 1. The summed E-state index contributed by atoms with van der Waals surface area (Å²) in [6, 6.07) is 3.25. The van der Waals surface area contributed by atoms with Crippen molar-refractivity contribution in [1.29, 1.82) is 0 Å². The van der Waals surface area contributed by atoms with E-state index in [9.17, 15) is 8.42 Å². The van der Waals surface area contributed by atoms with Gasteiger partial charge in [-0.15, -0.1) is 0 Å². The van der Waals surface area contributed by atoms with Crippen molar-refractivity contribution in [3.05, 3.63) is 22.2 Å². The van der Waals surface area contributed by atoms with Crippen molar-refractivity contribution in [2.45, 2.75) is 37.2 Å². The average Bonchev–Trinajstić information content (AvgIpc) is 2.37. The Bertz CT molecular complexity index is 582. The van der Waals surface area contributed by atoms with E-state index >= 15 is 0 Å². The molecule has 0 aliphatic carbocycles. The molecule has 0 saturated carbocycles. The first-order valence-electron chi connectivity index (χ1n) is 6.37. The van der Waals surface area contributed by atoms with Crippen LogP contribution in [0.5, 0.6) is 5.75 Å². The van der Waals surface area contributed by atoms with Gasteiger partial charge in [-0.25, -0.2) is 8.42 Å². The smallest absolute Gasteiger partial charge is 0.265 e. The van der Waals surface area contributed by atoms with E-state index in [1.54, 1.807) is 13.0 Å². The second-order valence-corrected chi connectivity index (χ2v) is 8.24. The zero-order valence-electron chi connectivity index (χ0n) is 11.1. The topological polar surface area (TPSA) is 52.6 Å². The second kappa shape index (κ2) is 6.64. The van der Waals surface area contributed by atoms with Gasteiger partial charge >= 0.3 is 0 Å². The van der Waals surface area contributed by atoms with Gasteiger partial charge in [-0.05, 0) is 43.9 Å². The molecule has 1 aromatic rings. The van der Waals surface area contributed by atoms with Crippen LogP contribution in [0.3, 0.4) is 0 Å². The number of hydrogen-bond acceptors (Lipinski definition) is 4. The van der Waals surface area contributed by atoms with Gasteiger partial charge < -0.3 is 9.47 Å². The first kappa shape index (κ1) is 16.1. The molecule has 1 atom stereocenters. The van der Waals surface area contributed by atoms with Crippen LogP contribution in [0, 0.1) is 6.92 Å². The molecule has 0 aromatic heterocycles. The van der Waals surface area contributed by atoms with E-state index in [2.05, 4.69) is 15.9 Å². The Hall–Kier alpha value is -0.300. The summed E-state index contributed by atoms with van der Waals surface area (Å²) < 4.78 is 35.2. The number of halogens is 2. The van der Waals surface area contributed by atoms with Gasteiger partial charge in [0.1, 0.15) is 17.3 Å². The lowest BCUT2D eigenvalue weighted by molar-refractivity contribution is -0.0117. The van der Waals surface area contributed by atoms with Gasteiger partial charge in [-0.1, -0.05) is 15.9 Å². The van der Waals surface area contributed by atoms with Crippen LogP contribution in [0.4, 0.5) is 0 Å². The normalized spacial score (nSPS) is 19.9. The molecule has 1 aliphatic rings. The summed E-state index contributed by atoms with van der Waals surface area (Å²) >= 11 is 3.26. The molecular weight excluding hydrogens is 368 g/mol. The number of rotatable bonds is 4. The van der Waals surface area contributed by atoms with Crippen molar-refractivity contribution >= 4 is 35.7 Å². The minimum Gasteiger partial charge on any atom is -0.489 e. The lowest BCUT2D eigenvalue weighted by Gasteiger charge is -2.23. The molecule has 0 amide bonds. The molecule has 1 saturated heterocycles. The third-order valence-electron chi connectivity index (χ3n) is 3.16. The Morgan fingerprint density at radius 3 is 2.80 bits per heavy atom. The third-order valence-corrected chi connectivity index (χ3v) is 4.94. The van der Waals surface area contributed by atoms with Crippen molar-refractivity contribution < 1.29 is 17.9 Å². The molecule has 0 spiro atoms. The Kier molecular flexibility index (Phi) is 5.34. The van der Waals surface area contributed by atoms with Crippen molar-refractivity contribution in [2.24, 2.45) is 0 Å². The summed E-state index contributed by atoms with van der Waals surface area (Å²) in [5.41, 5.74) is 0.717. The maximum absolute atomic E-state index is 11.6. The van der Waals surface area contributed by atoms with E-state index in [1.165, 1.54) is 6.07 Å². The highest BCUT2D eigenvalue weighted by atomic mass is 79.9. The lowest BCUT2D eigenvalue weighted by Crippen LogP contribution is -2.26. The van der Waals surface area contributed by atoms with Crippen molar-refractivity contribution in [1.82, 2.24) is 0 Å². The van der Waals surface area contributed by atoms with Gasteiger partial charge in [0.25, 0.3) is 9.05 Å². The Morgan fingerprint density at radius 2 is 2.20 bits per heavy atom. The number of ether oxygens (including phenoxy) is 2. The second-order valence-electron chi connectivity index (χ2n) is 4.79. The quantitative estimate of drug-likeness (QED) is 0.745. The average molecular weight is 384 g/mol. The van der Waals surface area contributed by atoms with Crippen LogP contribution in [-0.2, 0) is 13.8 Å². The minimum absolute atomic E-state index is 0.0117. The predicted octanol–water partition coefficient (Wildman–Crippen LogP) is 3.63. The zero-order valence-corrected chi connectivity index (χ0v) is 14.2. The first-order chi connectivity index (χ1) is 9.38. The van der Waals surface area contributed by atoms with Gasteiger partial charge in [-0.3, -0.25) is 0 Å². The van der Waals surface area contributed by atoms with E-state index in [1.807, 2.05) is 0 Å². The molecule has 0 radical (unpaired) electrons. The fourth-order valence-corrected chi connectivity index (χ4v) is 3.96. The molecule has 2 rings (SSSR count). The van der Waals surface area contributed by atoms with Crippen LogP contribution in [0.1, 0.15) is 24.8 Å². The minimum atomic E-state index is -3.85. The van der Waals surface area contributed by atoms with E-state index in [0.29, 0.717) is 16.8 Å². The highest BCUT2D eigenvalue weighted by Gasteiger charge is 2.22. The molecule has 0 bridgehead atoms. The van der Waals surface area contributed by atoms with Gasteiger partial charge in [0.15, 0.2) is 0 Å². The maximum Gasteiger partial charge on any atom is 0.265 e. The summed E-state index contributed by atoms with van der Waals surface area (Å²) in [5.74, 6) is 0.303. The summed E-state index contributed by atoms with van der Waals surface area (Å²) in [6.07, 6.45) is 3.11. The van der Waals surface area contributed by atoms with Crippen LogP contribution < -0.4 is 4.74 Å². The van der Waals surface area contributed by atoms with Gasteiger partial charge in [0, 0.05) is 21.8 Å². The molecule has 1 aliphatic heterocycles. The Labute approximate surface area is 132 Å². The molecule has 112 valence electrons. The van der Waals surface area contributed by atoms with Gasteiger partial charge in [0.05, 0.1) is 6.10 Å². The fourth-order valence-electron chi connectivity index (χ4n) is 2.18. The van der Waals surface area contributed by atoms with Crippen molar-refractivity contribution in [2.75, 3.05) is 13.2 Å². The molecule has 1 aromatic carbocycles. The summed E-state index contributed by atoms with van der Waals surface area (Å²) in [6.45, 7) is 2.85. The van der Waals surface area contributed by atoms with Crippen LogP contribution in [-0.4, -0.2) is 27.7 Å². The lowest BCUT2D eigenvalue weighted by atomic mass is 10.1. The molecule has 7 heteroatoms. The highest BCUT2D eigenvalue weighted by molar-refractivity contribution is 9.10. The molecular formula is C13H16BrClO4S. The Morgan fingerprint density at radius 1 is 1.45 bits per heavy atom. The standard InChI is InChI=1S/C13H16BrClO4S/c1-9-6-10(14)7-12(20(15,16)17)13(9)19-8-11-4-2-3-5-18-11/h6-7,11H,2-5,8H2,1H3. The first-order valence-corrected chi connectivity index (χ1v) is 9.47. The fraction of sp³-hybridized carbons (Fsp3) is 0.538. The zero-order chi connectivity index (χ0) is 14.8. The van der Waals surface area contributed by atoms with Crippen LogP contribution in [0.2, 0.25) is 0 Å². The third kappa shape index (κ3) is 4.10. The van der Waals surface area contributed by atoms with Gasteiger partial charge in [-0.2, -0.15) is 0 Å². The summed E-state index contributed by atoms with van der Waals surface area (Å²) in [5, 5.41) is 0. The highest BCUT2D eigenvalue weighted by Crippen LogP contribution is 2.34. The SMILES string of the molecule is Cc1cc(Br)cc(S(=O)(=O)Cl)c1OCC1CCCCO1. The van der Waals surface area contributed by atoms with E-state index < -0.39 is 9.05 Å². The van der Waals surface area contributed by atoms with E-state index in [0.717, 1.165) is 31.4 Å². The molecule has 1 heterocycles. The summed E-state index contributed by atoms with van der Waals surface area (Å²) in [4.78, 5) is -0.0122.